The Morgan fingerprint density at radius 1 is 1.38 bits per heavy atom. The number of rotatable bonds is 7. The standard InChI is InChI=1S/C21H30N8O3/c1-21(14-25-31)17-12-23-19(29(22)16-7-9-32-10-8-16)26-18(17)13-28(21)20(30)27-24-11-15-5-3-2-4-6-15/h2-6,12,16,19,23-24H,7-11,13-14,22H2,1H3,(H,27,30). The molecular formula is C21H30N8O3. The number of benzene rings is 1. The maximum absolute atomic E-state index is 13.0. The summed E-state index contributed by atoms with van der Waals surface area (Å²) in [6, 6.07) is 9.55. The fraction of sp³-hybridized carbons (Fsp3) is 0.524. The van der Waals surface area contributed by atoms with Crippen LogP contribution in [0.4, 0.5) is 4.79 Å². The Kier molecular flexibility index (Phi) is 6.80. The van der Waals surface area contributed by atoms with Gasteiger partial charge in [-0.15, -0.1) is 0 Å². The van der Waals surface area contributed by atoms with Crippen molar-refractivity contribution in [3.63, 3.8) is 0 Å². The van der Waals surface area contributed by atoms with Gasteiger partial charge in [0.15, 0.2) is 6.29 Å². The zero-order valence-corrected chi connectivity index (χ0v) is 18.2. The van der Waals surface area contributed by atoms with Crippen LogP contribution in [-0.2, 0) is 11.3 Å². The normalized spacial score (nSPS) is 25.6. The fourth-order valence-electron chi connectivity index (χ4n) is 4.37. The number of carbonyl (C=O) groups is 1. The molecule has 1 aromatic carbocycles. The van der Waals surface area contributed by atoms with Crippen LogP contribution in [0.2, 0.25) is 0 Å². The van der Waals surface area contributed by atoms with Gasteiger partial charge in [0, 0.05) is 37.6 Å². The molecule has 2 atom stereocenters. The van der Waals surface area contributed by atoms with Gasteiger partial charge < -0.3 is 15.0 Å². The number of nitroso groups, excluding NO2 is 1. The smallest absolute Gasteiger partial charge is 0.332 e. The molecular weight excluding hydrogens is 412 g/mol. The van der Waals surface area contributed by atoms with Crippen LogP contribution in [0, 0.1) is 4.91 Å². The minimum atomic E-state index is -0.908. The first-order valence-corrected chi connectivity index (χ1v) is 10.8. The van der Waals surface area contributed by atoms with Crippen molar-refractivity contribution < 1.29 is 9.53 Å². The van der Waals surface area contributed by atoms with Crippen molar-refractivity contribution in [2.45, 2.75) is 44.2 Å². The third-order valence-corrected chi connectivity index (χ3v) is 6.29. The molecule has 0 spiro atoms. The number of ether oxygens (including phenoxy) is 1. The summed E-state index contributed by atoms with van der Waals surface area (Å²) in [4.78, 5) is 30.6. The summed E-state index contributed by atoms with van der Waals surface area (Å²) in [6.07, 6.45) is 3.04. The Bertz CT molecular complexity index is 886. The first kappa shape index (κ1) is 22.3. The van der Waals surface area contributed by atoms with Crippen LogP contribution < -0.4 is 22.0 Å². The average molecular weight is 443 g/mol. The Morgan fingerprint density at radius 2 is 2.12 bits per heavy atom. The van der Waals surface area contributed by atoms with Crippen molar-refractivity contribution in [1.82, 2.24) is 26.1 Å². The molecule has 0 aromatic heterocycles. The molecule has 32 heavy (non-hydrogen) atoms. The molecule has 2 amide bonds. The number of amides is 2. The Morgan fingerprint density at radius 3 is 2.84 bits per heavy atom. The fourth-order valence-corrected chi connectivity index (χ4v) is 4.37. The molecule has 0 saturated carbocycles. The van der Waals surface area contributed by atoms with Crippen LogP contribution in [0.5, 0.6) is 0 Å². The quantitative estimate of drug-likeness (QED) is 0.279. The zero-order chi connectivity index (χ0) is 22.6. The first-order valence-electron chi connectivity index (χ1n) is 10.8. The number of nitrogens with zero attached hydrogens (tertiary/aromatic N) is 4. The summed E-state index contributed by atoms with van der Waals surface area (Å²) in [5.41, 5.74) is 7.29. The third kappa shape index (κ3) is 4.51. The van der Waals surface area contributed by atoms with Crippen LogP contribution in [0.25, 0.3) is 0 Å². The van der Waals surface area contributed by atoms with E-state index in [2.05, 4.69) is 21.3 Å². The highest BCUT2D eigenvalue weighted by Crippen LogP contribution is 2.35. The largest absolute Gasteiger partial charge is 0.381 e. The lowest BCUT2D eigenvalue weighted by Crippen LogP contribution is -2.56. The predicted molar refractivity (Wildman–Crippen MR) is 120 cm³/mol. The van der Waals surface area contributed by atoms with Gasteiger partial charge in [0.2, 0.25) is 0 Å². The van der Waals surface area contributed by atoms with Crippen LogP contribution in [-0.4, -0.2) is 65.8 Å². The molecule has 3 aliphatic rings. The molecule has 11 nitrogen and oxygen atoms in total. The summed E-state index contributed by atoms with van der Waals surface area (Å²) in [6.45, 7) is 3.83. The molecule has 2 saturated heterocycles. The van der Waals surface area contributed by atoms with E-state index in [0.29, 0.717) is 19.8 Å². The second-order valence-electron chi connectivity index (χ2n) is 8.38. The lowest BCUT2D eigenvalue weighted by Gasteiger charge is -2.37. The van der Waals surface area contributed by atoms with E-state index in [4.69, 9.17) is 15.6 Å². The van der Waals surface area contributed by atoms with Gasteiger partial charge in [-0.3, -0.25) is 11.3 Å². The van der Waals surface area contributed by atoms with E-state index in [9.17, 15) is 9.70 Å². The van der Waals surface area contributed by atoms with Gasteiger partial charge in [0.25, 0.3) is 0 Å². The van der Waals surface area contributed by atoms with Gasteiger partial charge in [0.1, 0.15) is 6.54 Å². The molecule has 0 bridgehead atoms. The van der Waals surface area contributed by atoms with Crippen LogP contribution >= 0.6 is 0 Å². The average Bonchev–Trinajstić information content (AvgIpc) is 3.11. The molecule has 11 heteroatoms. The van der Waals surface area contributed by atoms with E-state index in [1.54, 1.807) is 9.91 Å². The summed E-state index contributed by atoms with van der Waals surface area (Å²) in [5, 5.41) is 8.03. The number of hydrogen-bond donors (Lipinski definition) is 4. The number of nitrogens with one attached hydrogen (secondary N) is 3. The maximum Gasteiger partial charge on any atom is 0.332 e. The van der Waals surface area contributed by atoms with E-state index < -0.39 is 11.8 Å². The van der Waals surface area contributed by atoms with Crippen molar-refractivity contribution in [3.05, 3.63) is 52.6 Å². The zero-order valence-electron chi connectivity index (χ0n) is 18.2. The van der Waals surface area contributed by atoms with Crippen molar-refractivity contribution in [3.8, 4) is 0 Å². The minimum Gasteiger partial charge on any atom is -0.381 e. The highest BCUT2D eigenvalue weighted by Gasteiger charge is 2.49. The number of carbonyl (C=O) groups excluding carboxylic acids is 1. The number of hydrazine groups is 2. The second kappa shape index (κ2) is 9.74. The van der Waals surface area contributed by atoms with Crippen molar-refractivity contribution in [2.24, 2.45) is 16.0 Å². The summed E-state index contributed by atoms with van der Waals surface area (Å²) in [7, 11) is 0. The van der Waals surface area contributed by atoms with Gasteiger partial charge in [-0.25, -0.2) is 20.2 Å². The number of nitrogens with two attached hydrogens (primary N) is 1. The first-order chi connectivity index (χ1) is 15.5. The van der Waals surface area contributed by atoms with Crippen LogP contribution in [0.15, 0.2) is 52.3 Å². The third-order valence-electron chi connectivity index (χ3n) is 6.29. The monoisotopic (exact) mass is 442 g/mol. The second-order valence-corrected chi connectivity index (χ2v) is 8.38. The predicted octanol–water partition coefficient (Wildman–Crippen LogP) is 0.808. The highest BCUT2D eigenvalue weighted by atomic mass is 16.5. The molecule has 0 radical (unpaired) electrons. The number of aliphatic imine (C=N–C) groups is 1. The van der Waals surface area contributed by atoms with Gasteiger partial charge in [0.05, 0.1) is 17.8 Å². The van der Waals surface area contributed by atoms with E-state index in [0.717, 1.165) is 29.7 Å². The molecule has 4 rings (SSSR count). The van der Waals surface area contributed by atoms with Crippen molar-refractivity contribution >= 4 is 11.7 Å². The number of likely N-dealkylation sites (tertiary alicyclic amines) is 1. The van der Waals surface area contributed by atoms with Crippen LogP contribution in [0.1, 0.15) is 25.3 Å². The maximum atomic E-state index is 13.0. The van der Waals surface area contributed by atoms with Crippen molar-refractivity contribution in [2.75, 3.05) is 26.3 Å². The van der Waals surface area contributed by atoms with E-state index in [-0.39, 0.29) is 25.2 Å². The molecule has 2 unspecified atom stereocenters. The molecule has 1 aromatic rings. The van der Waals surface area contributed by atoms with Gasteiger partial charge >= 0.3 is 6.03 Å². The molecule has 3 heterocycles. The number of hydrogen-bond acceptors (Lipinski definition) is 9. The number of fused-ring (bicyclic) bond motifs is 1. The Hall–Kier alpha value is -2.86. The van der Waals surface area contributed by atoms with Crippen LogP contribution in [0.3, 0.4) is 0 Å². The molecule has 5 N–H and O–H groups in total. The van der Waals surface area contributed by atoms with E-state index in [1.807, 2.05) is 43.5 Å². The lowest BCUT2D eigenvalue weighted by atomic mass is 9.92. The van der Waals surface area contributed by atoms with E-state index in [1.165, 1.54) is 0 Å². The van der Waals surface area contributed by atoms with Gasteiger partial charge in [-0.2, -0.15) is 4.91 Å². The molecule has 2 fully saturated rings. The highest BCUT2D eigenvalue weighted by molar-refractivity contribution is 6.09. The Labute approximate surface area is 187 Å². The summed E-state index contributed by atoms with van der Waals surface area (Å²) in [5.74, 6) is 6.36. The van der Waals surface area contributed by atoms with Crippen molar-refractivity contribution in [1.29, 1.82) is 0 Å². The SMILES string of the molecule is CC1(CN=O)C2=CNC(N(N)C3CCOCC3)N=C2CN1C(=O)NNCc1ccccc1. The molecule has 3 aliphatic heterocycles. The summed E-state index contributed by atoms with van der Waals surface area (Å²) < 4.78 is 5.41. The molecule has 0 aliphatic carbocycles. The van der Waals surface area contributed by atoms with Gasteiger partial charge in [-0.05, 0) is 25.3 Å². The topological polar surface area (TPSA) is 137 Å². The van der Waals surface area contributed by atoms with E-state index >= 15 is 0 Å². The Balaban J connectivity index is 1.45. The number of urea groups is 1. The van der Waals surface area contributed by atoms with Gasteiger partial charge in [-0.1, -0.05) is 35.5 Å². The minimum absolute atomic E-state index is 0.0807. The lowest BCUT2D eigenvalue weighted by molar-refractivity contribution is 0.0132. The molecule has 172 valence electrons. The summed E-state index contributed by atoms with van der Waals surface area (Å²) >= 11 is 0.